The Morgan fingerprint density at radius 2 is 2.19 bits per heavy atom. The SMILES string of the molecule is CC(N)Cc1ccc(N(Cc2ccco2)C2CC2)cc1Br. The highest BCUT2D eigenvalue weighted by atomic mass is 79.9. The molecule has 0 spiro atoms. The first-order valence-electron chi connectivity index (χ1n) is 7.46. The monoisotopic (exact) mass is 348 g/mol. The first-order chi connectivity index (χ1) is 10.1. The maximum absolute atomic E-state index is 5.90. The molecule has 0 amide bonds. The van der Waals surface area contributed by atoms with Crippen molar-refractivity contribution in [2.75, 3.05) is 4.90 Å². The minimum Gasteiger partial charge on any atom is -0.467 e. The van der Waals surface area contributed by atoms with E-state index in [2.05, 4.69) is 39.0 Å². The van der Waals surface area contributed by atoms with Crippen LogP contribution in [0.5, 0.6) is 0 Å². The summed E-state index contributed by atoms with van der Waals surface area (Å²) in [5.41, 5.74) is 8.41. The van der Waals surface area contributed by atoms with E-state index in [-0.39, 0.29) is 6.04 Å². The molecule has 2 aromatic rings. The van der Waals surface area contributed by atoms with Gasteiger partial charge in [-0.15, -0.1) is 0 Å². The van der Waals surface area contributed by atoms with Gasteiger partial charge in [0.15, 0.2) is 0 Å². The second-order valence-corrected chi connectivity index (χ2v) is 6.75. The average molecular weight is 349 g/mol. The molecule has 2 N–H and O–H groups in total. The van der Waals surface area contributed by atoms with Crippen molar-refractivity contribution in [2.24, 2.45) is 5.73 Å². The molecule has 0 bridgehead atoms. The van der Waals surface area contributed by atoms with E-state index in [0.29, 0.717) is 6.04 Å². The van der Waals surface area contributed by atoms with Gasteiger partial charge in [-0.25, -0.2) is 0 Å². The fraction of sp³-hybridized carbons (Fsp3) is 0.412. The second kappa shape index (κ2) is 6.24. The van der Waals surface area contributed by atoms with Gasteiger partial charge in [0, 0.05) is 22.2 Å². The van der Waals surface area contributed by atoms with Gasteiger partial charge in [0.1, 0.15) is 5.76 Å². The zero-order chi connectivity index (χ0) is 14.8. The summed E-state index contributed by atoms with van der Waals surface area (Å²) < 4.78 is 6.64. The molecule has 3 rings (SSSR count). The molecule has 3 nitrogen and oxygen atoms in total. The Balaban J connectivity index is 1.81. The van der Waals surface area contributed by atoms with Crippen molar-refractivity contribution >= 4 is 21.6 Å². The number of anilines is 1. The molecule has 1 aliphatic carbocycles. The summed E-state index contributed by atoms with van der Waals surface area (Å²) >= 11 is 3.69. The molecular weight excluding hydrogens is 328 g/mol. The molecule has 112 valence electrons. The van der Waals surface area contributed by atoms with Gasteiger partial charge in [0.25, 0.3) is 0 Å². The minimum atomic E-state index is 0.176. The van der Waals surface area contributed by atoms with Gasteiger partial charge in [-0.3, -0.25) is 0 Å². The molecule has 1 aromatic heterocycles. The number of nitrogens with two attached hydrogens (primary N) is 1. The molecule has 0 saturated heterocycles. The number of nitrogens with zero attached hydrogens (tertiary/aromatic N) is 1. The topological polar surface area (TPSA) is 42.4 Å². The second-order valence-electron chi connectivity index (χ2n) is 5.90. The number of benzene rings is 1. The van der Waals surface area contributed by atoms with Crippen molar-refractivity contribution in [3.05, 3.63) is 52.4 Å². The molecule has 1 unspecified atom stereocenters. The minimum absolute atomic E-state index is 0.176. The molecule has 0 radical (unpaired) electrons. The lowest BCUT2D eigenvalue weighted by atomic mass is 10.1. The van der Waals surface area contributed by atoms with E-state index in [4.69, 9.17) is 10.2 Å². The molecule has 1 atom stereocenters. The number of rotatable bonds is 6. The maximum Gasteiger partial charge on any atom is 0.123 e. The zero-order valence-corrected chi connectivity index (χ0v) is 13.8. The van der Waals surface area contributed by atoms with Gasteiger partial charge < -0.3 is 15.1 Å². The molecule has 1 aromatic carbocycles. The van der Waals surface area contributed by atoms with Crippen LogP contribution in [0.15, 0.2) is 45.5 Å². The van der Waals surface area contributed by atoms with E-state index < -0.39 is 0 Å². The third-order valence-electron chi connectivity index (χ3n) is 3.80. The molecule has 4 heteroatoms. The summed E-state index contributed by atoms with van der Waals surface area (Å²) in [6.45, 7) is 2.87. The Morgan fingerprint density at radius 3 is 2.76 bits per heavy atom. The quantitative estimate of drug-likeness (QED) is 0.854. The molecule has 21 heavy (non-hydrogen) atoms. The van der Waals surface area contributed by atoms with Gasteiger partial charge in [-0.05, 0) is 56.0 Å². The van der Waals surface area contributed by atoms with Crippen LogP contribution in [0.4, 0.5) is 5.69 Å². The lowest BCUT2D eigenvalue weighted by Crippen LogP contribution is -2.25. The van der Waals surface area contributed by atoms with E-state index in [0.717, 1.165) is 23.2 Å². The molecule has 1 saturated carbocycles. The summed E-state index contributed by atoms with van der Waals surface area (Å²) in [5, 5.41) is 0. The summed E-state index contributed by atoms with van der Waals surface area (Å²) in [4.78, 5) is 2.43. The Morgan fingerprint density at radius 1 is 1.38 bits per heavy atom. The highest BCUT2D eigenvalue weighted by Gasteiger charge is 2.30. The third kappa shape index (κ3) is 3.69. The zero-order valence-electron chi connectivity index (χ0n) is 12.3. The predicted molar refractivity (Wildman–Crippen MR) is 89.4 cm³/mol. The van der Waals surface area contributed by atoms with Crippen molar-refractivity contribution in [3.63, 3.8) is 0 Å². The van der Waals surface area contributed by atoms with Gasteiger partial charge >= 0.3 is 0 Å². The van der Waals surface area contributed by atoms with Crippen LogP contribution in [-0.4, -0.2) is 12.1 Å². The summed E-state index contributed by atoms with van der Waals surface area (Å²) in [5.74, 6) is 1.01. The summed E-state index contributed by atoms with van der Waals surface area (Å²) in [7, 11) is 0. The molecule has 1 fully saturated rings. The van der Waals surface area contributed by atoms with E-state index >= 15 is 0 Å². The molecule has 1 aliphatic rings. The van der Waals surface area contributed by atoms with Crippen molar-refractivity contribution in [1.82, 2.24) is 0 Å². The Hall–Kier alpha value is -1.26. The fourth-order valence-electron chi connectivity index (χ4n) is 2.62. The lowest BCUT2D eigenvalue weighted by Gasteiger charge is -2.24. The van der Waals surface area contributed by atoms with Gasteiger partial charge in [0.05, 0.1) is 12.8 Å². The van der Waals surface area contributed by atoms with Crippen LogP contribution in [0.1, 0.15) is 31.1 Å². The van der Waals surface area contributed by atoms with Gasteiger partial charge in [0.2, 0.25) is 0 Å². The van der Waals surface area contributed by atoms with Crippen molar-refractivity contribution < 1.29 is 4.42 Å². The largest absolute Gasteiger partial charge is 0.467 e. The standard InChI is InChI=1S/C17H21BrN2O/c1-12(19)9-13-4-5-15(10-17(13)18)20(14-6-7-14)11-16-3-2-8-21-16/h2-5,8,10,12,14H,6-7,9,11,19H2,1H3. The van der Waals surface area contributed by atoms with Crippen LogP contribution in [0.3, 0.4) is 0 Å². The van der Waals surface area contributed by atoms with Crippen molar-refractivity contribution in [1.29, 1.82) is 0 Å². The van der Waals surface area contributed by atoms with Crippen LogP contribution in [0, 0.1) is 0 Å². The molecule has 1 heterocycles. The number of furan rings is 1. The first kappa shape index (κ1) is 14.7. The Labute approximate surface area is 134 Å². The maximum atomic E-state index is 5.90. The Bertz CT molecular complexity index is 591. The first-order valence-corrected chi connectivity index (χ1v) is 8.26. The smallest absolute Gasteiger partial charge is 0.123 e. The van der Waals surface area contributed by atoms with Crippen LogP contribution >= 0.6 is 15.9 Å². The van der Waals surface area contributed by atoms with Crippen LogP contribution in [0.25, 0.3) is 0 Å². The van der Waals surface area contributed by atoms with Crippen LogP contribution in [-0.2, 0) is 13.0 Å². The van der Waals surface area contributed by atoms with E-state index in [1.165, 1.54) is 24.1 Å². The van der Waals surface area contributed by atoms with E-state index in [1.807, 2.05) is 19.1 Å². The van der Waals surface area contributed by atoms with Gasteiger partial charge in [-0.2, -0.15) is 0 Å². The van der Waals surface area contributed by atoms with E-state index in [9.17, 15) is 0 Å². The lowest BCUT2D eigenvalue weighted by molar-refractivity contribution is 0.501. The van der Waals surface area contributed by atoms with Crippen molar-refractivity contribution in [2.45, 2.75) is 44.8 Å². The van der Waals surface area contributed by atoms with Crippen LogP contribution in [0.2, 0.25) is 0 Å². The fourth-order valence-corrected chi connectivity index (χ4v) is 3.14. The Kier molecular flexibility index (Phi) is 4.36. The number of halogens is 1. The highest BCUT2D eigenvalue weighted by Crippen LogP contribution is 2.35. The van der Waals surface area contributed by atoms with Crippen molar-refractivity contribution in [3.8, 4) is 0 Å². The predicted octanol–water partition coefficient (Wildman–Crippen LogP) is 4.10. The number of hydrogen-bond acceptors (Lipinski definition) is 3. The highest BCUT2D eigenvalue weighted by molar-refractivity contribution is 9.10. The normalized spacial score (nSPS) is 16.0. The molecular formula is C17H21BrN2O. The number of hydrogen-bond donors (Lipinski definition) is 1. The third-order valence-corrected chi connectivity index (χ3v) is 4.54. The van der Waals surface area contributed by atoms with Gasteiger partial charge in [-0.1, -0.05) is 22.0 Å². The van der Waals surface area contributed by atoms with E-state index in [1.54, 1.807) is 6.26 Å². The average Bonchev–Trinajstić information content (AvgIpc) is 3.15. The van der Waals surface area contributed by atoms with Crippen LogP contribution < -0.4 is 10.6 Å². The molecule has 0 aliphatic heterocycles. The summed E-state index contributed by atoms with van der Waals surface area (Å²) in [6, 6.07) is 11.4. The summed E-state index contributed by atoms with van der Waals surface area (Å²) in [6.07, 6.45) is 5.16.